The summed E-state index contributed by atoms with van der Waals surface area (Å²) < 4.78 is 7.31. The van der Waals surface area contributed by atoms with Gasteiger partial charge in [-0.25, -0.2) is 0 Å². The molecule has 2 heterocycles. The van der Waals surface area contributed by atoms with E-state index >= 15 is 0 Å². The van der Waals surface area contributed by atoms with Crippen LogP contribution in [0.5, 0.6) is 5.75 Å². The summed E-state index contributed by atoms with van der Waals surface area (Å²) in [6.45, 7) is 0.599. The topological polar surface area (TPSA) is 63.6 Å². The Morgan fingerprint density at radius 1 is 1.19 bits per heavy atom. The van der Waals surface area contributed by atoms with E-state index in [4.69, 9.17) is 4.74 Å². The van der Waals surface area contributed by atoms with Crippen molar-refractivity contribution in [2.45, 2.75) is 50.9 Å². The highest BCUT2D eigenvalue weighted by Gasteiger charge is 2.38. The van der Waals surface area contributed by atoms with Crippen molar-refractivity contribution in [2.24, 2.45) is 0 Å². The van der Waals surface area contributed by atoms with E-state index in [0.29, 0.717) is 6.54 Å². The Balaban J connectivity index is 1.64. The summed E-state index contributed by atoms with van der Waals surface area (Å²) >= 11 is 0. The second kappa shape index (κ2) is 7.47. The second-order valence-corrected chi connectivity index (χ2v) is 7.29. The standard InChI is InChI=1S/C21H25N3O3/c1-27-18-11-5-2-7-15(18)13-24-19(25)14-23-12-6-10-17(23)20(24)21(26)22-16-8-3-4-9-16/h2,5-7,10-12,16,20H,3-4,8-9,13-14H2,1H3,(H,22,26). The van der Waals surface area contributed by atoms with Crippen molar-refractivity contribution >= 4 is 11.8 Å². The molecule has 1 fully saturated rings. The molecule has 1 atom stereocenters. The van der Waals surface area contributed by atoms with Gasteiger partial charge in [0.25, 0.3) is 0 Å². The molecule has 6 heteroatoms. The molecular weight excluding hydrogens is 342 g/mol. The molecule has 2 aromatic rings. The summed E-state index contributed by atoms with van der Waals surface area (Å²) in [5, 5.41) is 3.17. The quantitative estimate of drug-likeness (QED) is 0.884. The van der Waals surface area contributed by atoms with Gasteiger partial charge in [-0.05, 0) is 31.0 Å². The van der Waals surface area contributed by atoms with Gasteiger partial charge < -0.3 is 19.5 Å². The van der Waals surface area contributed by atoms with E-state index in [1.54, 1.807) is 12.0 Å². The molecular formula is C21H25N3O3. The molecule has 1 aliphatic heterocycles. The van der Waals surface area contributed by atoms with Crippen LogP contribution in [0, 0.1) is 0 Å². The fraction of sp³-hybridized carbons (Fsp3) is 0.429. The van der Waals surface area contributed by atoms with Crippen LogP contribution in [0.25, 0.3) is 0 Å². The summed E-state index contributed by atoms with van der Waals surface area (Å²) in [7, 11) is 1.62. The van der Waals surface area contributed by atoms with Crippen LogP contribution >= 0.6 is 0 Å². The predicted molar refractivity (Wildman–Crippen MR) is 101 cm³/mol. The monoisotopic (exact) mass is 367 g/mol. The first-order valence-electron chi connectivity index (χ1n) is 9.54. The van der Waals surface area contributed by atoms with E-state index in [9.17, 15) is 9.59 Å². The maximum Gasteiger partial charge on any atom is 0.249 e. The normalized spacial score (nSPS) is 19.8. The minimum Gasteiger partial charge on any atom is -0.496 e. The van der Waals surface area contributed by atoms with Crippen LogP contribution in [0.2, 0.25) is 0 Å². The number of para-hydroxylation sites is 1. The number of nitrogens with zero attached hydrogens (tertiary/aromatic N) is 2. The fourth-order valence-corrected chi connectivity index (χ4v) is 4.18. The van der Waals surface area contributed by atoms with Crippen LogP contribution in [0.1, 0.15) is 43.0 Å². The van der Waals surface area contributed by atoms with Gasteiger partial charge in [-0.1, -0.05) is 31.0 Å². The molecule has 0 saturated heterocycles. The molecule has 0 bridgehead atoms. The largest absolute Gasteiger partial charge is 0.496 e. The SMILES string of the molecule is COc1ccccc1CN1C(=O)Cn2cccc2C1C(=O)NC1CCCC1. The van der Waals surface area contributed by atoms with E-state index in [0.717, 1.165) is 42.7 Å². The lowest BCUT2D eigenvalue weighted by Gasteiger charge is -2.36. The molecule has 2 aliphatic rings. The van der Waals surface area contributed by atoms with Crippen LogP contribution in [-0.4, -0.2) is 34.4 Å². The highest BCUT2D eigenvalue weighted by Crippen LogP contribution is 2.31. The Kier molecular flexibility index (Phi) is 4.88. The molecule has 27 heavy (non-hydrogen) atoms. The fourth-order valence-electron chi connectivity index (χ4n) is 4.18. The molecule has 6 nitrogen and oxygen atoms in total. The number of rotatable bonds is 5. The maximum absolute atomic E-state index is 13.2. The van der Waals surface area contributed by atoms with Gasteiger partial charge >= 0.3 is 0 Å². The summed E-state index contributed by atoms with van der Waals surface area (Å²) in [4.78, 5) is 27.7. The zero-order valence-electron chi connectivity index (χ0n) is 15.6. The van der Waals surface area contributed by atoms with E-state index in [1.807, 2.05) is 47.2 Å². The number of fused-ring (bicyclic) bond motifs is 1. The van der Waals surface area contributed by atoms with Gasteiger partial charge in [0.15, 0.2) is 6.04 Å². The molecule has 0 spiro atoms. The first-order chi connectivity index (χ1) is 13.2. The lowest BCUT2D eigenvalue weighted by atomic mass is 10.1. The third kappa shape index (κ3) is 3.44. The first-order valence-corrected chi connectivity index (χ1v) is 9.54. The smallest absolute Gasteiger partial charge is 0.249 e. The molecule has 4 rings (SSSR count). The number of benzene rings is 1. The molecule has 1 unspecified atom stereocenters. The molecule has 1 aliphatic carbocycles. The van der Waals surface area contributed by atoms with Crippen LogP contribution in [-0.2, 0) is 22.7 Å². The van der Waals surface area contributed by atoms with Crippen molar-refractivity contribution in [3.05, 3.63) is 53.9 Å². The number of aromatic nitrogens is 1. The van der Waals surface area contributed by atoms with Crippen molar-refractivity contribution in [1.82, 2.24) is 14.8 Å². The summed E-state index contributed by atoms with van der Waals surface area (Å²) in [5.74, 6) is 0.571. The average molecular weight is 367 g/mol. The van der Waals surface area contributed by atoms with Crippen LogP contribution in [0.3, 0.4) is 0 Å². The first kappa shape index (κ1) is 17.6. The van der Waals surface area contributed by atoms with E-state index < -0.39 is 6.04 Å². The Labute approximate surface area is 159 Å². The van der Waals surface area contributed by atoms with Crippen LogP contribution in [0.15, 0.2) is 42.6 Å². The van der Waals surface area contributed by atoms with E-state index in [2.05, 4.69) is 5.32 Å². The van der Waals surface area contributed by atoms with Gasteiger partial charge in [-0.2, -0.15) is 0 Å². The summed E-state index contributed by atoms with van der Waals surface area (Å²) in [5.41, 5.74) is 1.76. The Morgan fingerprint density at radius 3 is 2.74 bits per heavy atom. The van der Waals surface area contributed by atoms with Crippen molar-refractivity contribution in [3.8, 4) is 5.75 Å². The van der Waals surface area contributed by atoms with Gasteiger partial charge in [-0.15, -0.1) is 0 Å². The van der Waals surface area contributed by atoms with Crippen molar-refractivity contribution in [1.29, 1.82) is 0 Å². The zero-order chi connectivity index (χ0) is 18.8. The molecule has 1 aromatic carbocycles. The molecule has 1 aromatic heterocycles. The molecule has 1 saturated carbocycles. The third-order valence-corrected chi connectivity index (χ3v) is 5.57. The van der Waals surface area contributed by atoms with Gasteiger partial charge in [0.2, 0.25) is 11.8 Å². The number of hydrogen-bond acceptors (Lipinski definition) is 3. The van der Waals surface area contributed by atoms with Gasteiger partial charge in [-0.3, -0.25) is 9.59 Å². The van der Waals surface area contributed by atoms with Crippen molar-refractivity contribution in [2.75, 3.05) is 7.11 Å². The minimum absolute atomic E-state index is 0.0591. The van der Waals surface area contributed by atoms with Crippen molar-refractivity contribution in [3.63, 3.8) is 0 Å². The second-order valence-electron chi connectivity index (χ2n) is 7.29. The number of nitrogens with one attached hydrogen (secondary N) is 1. The Bertz CT molecular complexity index is 839. The molecule has 1 N–H and O–H groups in total. The van der Waals surface area contributed by atoms with Gasteiger partial charge in [0.05, 0.1) is 19.3 Å². The number of hydrogen-bond donors (Lipinski definition) is 1. The number of carbonyl (C=O) groups is 2. The number of amides is 2. The number of carbonyl (C=O) groups excluding carboxylic acids is 2. The Hall–Kier alpha value is -2.76. The van der Waals surface area contributed by atoms with Gasteiger partial charge in [0.1, 0.15) is 12.3 Å². The van der Waals surface area contributed by atoms with E-state index in [1.165, 1.54) is 0 Å². The van der Waals surface area contributed by atoms with Gasteiger partial charge in [0, 0.05) is 17.8 Å². The number of methoxy groups -OCH3 is 1. The maximum atomic E-state index is 13.2. The van der Waals surface area contributed by atoms with Crippen LogP contribution in [0.4, 0.5) is 0 Å². The molecule has 0 radical (unpaired) electrons. The number of ether oxygens (including phenoxy) is 1. The zero-order valence-corrected chi connectivity index (χ0v) is 15.6. The predicted octanol–water partition coefficient (Wildman–Crippen LogP) is 2.64. The highest BCUT2D eigenvalue weighted by atomic mass is 16.5. The summed E-state index contributed by atoms with van der Waals surface area (Å²) in [6, 6.07) is 11.0. The van der Waals surface area contributed by atoms with Crippen molar-refractivity contribution < 1.29 is 14.3 Å². The lowest BCUT2D eigenvalue weighted by Crippen LogP contribution is -2.50. The van der Waals surface area contributed by atoms with E-state index in [-0.39, 0.29) is 24.4 Å². The minimum atomic E-state index is -0.619. The molecule has 2 amide bonds. The van der Waals surface area contributed by atoms with Crippen LogP contribution < -0.4 is 10.1 Å². The lowest BCUT2D eigenvalue weighted by molar-refractivity contribution is -0.144. The summed E-state index contributed by atoms with van der Waals surface area (Å²) in [6.07, 6.45) is 6.19. The third-order valence-electron chi connectivity index (χ3n) is 5.57. The Morgan fingerprint density at radius 2 is 1.96 bits per heavy atom. The molecule has 142 valence electrons. The highest BCUT2D eigenvalue weighted by molar-refractivity contribution is 5.90. The average Bonchev–Trinajstić information content (AvgIpc) is 3.34.